The monoisotopic (exact) mass is 975 g/mol. The lowest BCUT2D eigenvalue weighted by Gasteiger charge is -2.47. The summed E-state index contributed by atoms with van der Waals surface area (Å²) in [6.45, 7) is 13.2. The number of fused-ring (bicyclic) bond motifs is 15. The maximum Gasteiger partial charge on any atom is 0.252 e. The van der Waals surface area contributed by atoms with Crippen LogP contribution >= 0.6 is 11.3 Å². The Balaban J connectivity index is 1.26. The Morgan fingerprint density at radius 3 is 1.71 bits per heavy atom. The zero-order valence-corrected chi connectivity index (χ0v) is 41.1. The van der Waals surface area contributed by atoms with Crippen molar-refractivity contribution >= 4 is 132 Å². The van der Waals surface area contributed by atoms with Crippen LogP contribution in [0.3, 0.4) is 0 Å². The van der Waals surface area contributed by atoms with Crippen LogP contribution in [0.2, 0.25) is 0 Å². The van der Waals surface area contributed by atoms with Crippen LogP contribution in [0.25, 0.3) is 75.2 Å². The average Bonchev–Trinajstić information content (AvgIpc) is 1.15. The van der Waals surface area contributed by atoms with E-state index in [2.05, 4.69) is 0 Å². The zero-order chi connectivity index (χ0) is 73.3. The molecular weight excluding hydrogens is 892 g/mol. The van der Waals surface area contributed by atoms with Crippen molar-refractivity contribution in [2.45, 2.75) is 78.6 Å². The molecular formula is C66H55BN4S. The van der Waals surface area contributed by atoms with Crippen LogP contribution in [-0.2, 0) is 16.2 Å². The van der Waals surface area contributed by atoms with Gasteiger partial charge in [0.15, 0.2) is 0 Å². The van der Waals surface area contributed by atoms with E-state index < -0.39 is 236 Å². The molecule has 6 heterocycles. The first-order chi connectivity index (χ1) is 46.3. The largest absolute Gasteiger partial charge is 0.311 e. The Bertz CT molecular complexity index is 5960. The standard InChI is InChI=1S/C66H55BN4S/c1-64(2,3)38-27-31-50-45(33-38)46-34-39(65(4,5)6)28-32-51(46)68(50)41-29-30-47-55(37-41)69(52-22-16-26-59-60(52)44-18-11-13-25-58(44)72-59)56-35-40(66(7,8)9)36-57-61(56)67(47)48-20-15-24-54-63(48)71(57)53-23-14-19-43-42-17-10-12-21-49(42)70(54)62(43)53/h10-37H,1-9H3/i10D,11D,12D,13D,14D,15D,16D,17D,18D,19D,20D,21D,22D,23D,24D,25D,26D,27D,28D,29D,30D,31D,32D,33D,34D,35D,36D,37D. The van der Waals surface area contributed by atoms with Crippen LogP contribution in [0.5, 0.6) is 0 Å². The first kappa shape index (κ1) is 22.9. The highest BCUT2D eigenvalue weighted by Gasteiger charge is 2.47. The molecule has 6 heteroatoms. The molecule has 0 unspecified atom stereocenters. The van der Waals surface area contributed by atoms with E-state index in [1.54, 1.807) is 62.3 Å². The summed E-state index contributed by atoms with van der Waals surface area (Å²) >= 11 is 0.672. The van der Waals surface area contributed by atoms with E-state index in [4.69, 9.17) is 5.48 Å². The lowest BCUT2D eigenvalue weighted by atomic mass is 9.33. The SMILES string of the molecule is [2H]c1c([2H])c2c3c(c1[2H])-n1c4c([2H])c([2H])c([2H])c([2H])c4c4c([2H])c([2H])c([2H])c(c41)N3c1c([2H])c(C(C)(C)C)c([2H])c3c1B2c1c([2H])c([2H])c(-n2c4c([2H])c([2H])c(C(C)(C)C)c([2H])c4c4c([2H])c(C(C)(C)C)c([2H])c([2H])c42)c([2H])c1N3c1c([2H])c([2H])c([2H])c2sc3c([2H])c([2H])c([2H])c([2H])c3c12. The second-order valence-corrected chi connectivity index (χ2v) is 22.6. The minimum atomic E-state index is -1.95. The maximum atomic E-state index is 11.3. The highest BCUT2D eigenvalue weighted by atomic mass is 32.1. The van der Waals surface area contributed by atoms with Crippen LogP contribution in [0.15, 0.2) is 169 Å². The van der Waals surface area contributed by atoms with Gasteiger partial charge in [0.2, 0.25) is 0 Å². The maximum absolute atomic E-state index is 11.3. The predicted octanol–water partition coefficient (Wildman–Crippen LogP) is 16.5. The van der Waals surface area contributed by atoms with E-state index in [1.165, 1.54) is 4.90 Å². The molecule has 348 valence electrons. The Hall–Kier alpha value is -7.54. The van der Waals surface area contributed by atoms with Gasteiger partial charge in [-0.1, -0.05) is 147 Å². The summed E-state index contributed by atoms with van der Waals surface area (Å²) in [5.41, 5.74) is -10.2. The van der Waals surface area contributed by atoms with Gasteiger partial charge in [0, 0.05) is 64.5 Å². The zero-order valence-electron chi connectivity index (χ0n) is 68.3. The van der Waals surface area contributed by atoms with E-state index in [9.17, 15) is 32.9 Å². The highest BCUT2D eigenvalue weighted by molar-refractivity contribution is 7.26. The minimum Gasteiger partial charge on any atom is -0.311 e. The van der Waals surface area contributed by atoms with E-state index in [1.807, 2.05) is 0 Å². The van der Waals surface area contributed by atoms with Gasteiger partial charge in [-0.2, -0.15) is 0 Å². The van der Waals surface area contributed by atoms with Gasteiger partial charge in [-0.15, -0.1) is 11.3 Å². The lowest BCUT2D eigenvalue weighted by molar-refractivity contribution is 0.590. The fourth-order valence-corrected chi connectivity index (χ4v) is 11.5. The van der Waals surface area contributed by atoms with Crippen LogP contribution in [0, 0.1) is 0 Å². The normalized spacial score (nSPS) is 19.5. The Morgan fingerprint density at radius 2 is 0.986 bits per heavy atom. The van der Waals surface area contributed by atoms with Gasteiger partial charge in [0.25, 0.3) is 6.71 Å². The number of hydrogen-bond acceptors (Lipinski definition) is 3. The summed E-state index contributed by atoms with van der Waals surface area (Å²) in [6, 6.07) is -19.7. The first-order valence-corrected chi connectivity index (χ1v) is 24.3. The number of nitrogens with zero attached hydrogens (tertiary/aromatic N) is 4. The van der Waals surface area contributed by atoms with E-state index in [-0.39, 0.29) is 98.4 Å². The quantitative estimate of drug-likeness (QED) is 0.161. The Labute approximate surface area is 464 Å². The third-order valence-electron chi connectivity index (χ3n) is 14.0. The van der Waals surface area contributed by atoms with Gasteiger partial charge in [0.1, 0.15) is 0 Å². The molecule has 12 aromatic rings. The first-order valence-electron chi connectivity index (χ1n) is 37.5. The Morgan fingerprint density at radius 1 is 0.403 bits per heavy atom. The molecule has 0 saturated carbocycles. The van der Waals surface area contributed by atoms with Crippen LogP contribution in [0.1, 0.15) is 117 Å². The van der Waals surface area contributed by atoms with E-state index in [0.29, 0.717) is 11.3 Å². The molecule has 0 aliphatic carbocycles. The van der Waals surface area contributed by atoms with Crippen molar-refractivity contribution in [2.75, 3.05) is 9.80 Å². The van der Waals surface area contributed by atoms with Gasteiger partial charge < -0.3 is 18.9 Å². The van der Waals surface area contributed by atoms with Crippen LogP contribution in [0.4, 0.5) is 34.1 Å². The molecule has 9 aromatic carbocycles. The second-order valence-electron chi connectivity index (χ2n) is 21.6. The molecule has 3 aromatic heterocycles. The summed E-state index contributed by atoms with van der Waals surface area (Å²) in [6.07, 6.45) is 0. The summed E-state index contributed by atoms with van der Waals surface area (Å²) in [5.74, 6) is 0. The van der Waals surface area contributed by atoms with Crippen molar-refractivity contribution in [3.63, 3.8) is 0 Å². The van der Waals surface area contributed by atoms with Crippen molar-refractivity contribution in [1.29, 1.82) is 0 Å². The van der Waals surface area contributed by atoms with Gasteiger partial charge in [-0.05, 0) is 134 Å². The molecule has 3 aliphatic rings. The van der Waals surface area contributed by atoms with Crippen molar-refractivity contribution < 1.29 is 38.4 Å². The summed E-state index contributed by atoms with van der Waals surface area (Å²) in [5, 5.41) is -1.66. The molecule has 72 heavy (non-hydrogen) atoms. The van der Waals surface area contributed by atoms with Crippen molar-refractivity contribution in [3.05, 3.63) is 186 Å². The number of para-hydroxylation sites is 3. The molecule has 0 saturated heterocycles. The average molecular weight is 975 g/mol. The Kier molecular flexibility index (Phi) is 4.49. The van der Waals surface area contributed by atoms with Gasteiger partial charge in [-0.25, -0.2) is 0 Å². The molecule has 0 atom stereocenters. The third-order valence-corrected chi connectivity index (χ3v) is 15.0. The summed E-state index contributed by atoms with van der Waals surface area (Å²) in [4.78, 5) is 2.33. The molecule has 0 radical (unpaired) electrons. The predicted molar refractivity (Wildman–Crippen MR) is 312 cm³/mol. The number of thiophene rings is 1. The molecule has 0 N–H and O–H groups in total. The number of hydrogen-bond donors (Lipinski definition) is 0. The number of benzene rings is 9. The molecule has 3 aliphatic heterocycles. The van der Waals surface area contributed by atoms with Crippen molar-refractivity contribution in [3.8, 4) is 11.4 Å². The lowest BCUT2D eigenvalue weighted by Crippen LogP contribution is -2.62. The summed E-state index contributed by atoms with van der Waals surface area (Å²) < 4.78 is 278. The second kappa shape index (κ2) is 14.1. The number of anilines is 6. The highest BCUT2D eigenvalue weighted by Crippen LogP contribution is 2.54. The third kappa shape index (κ3) is 5.59. The fraction of sp³-hybridized carbons (Fsp3) is 0.182. The number of aromatic nitrogens is 2. The van der Waals surface area contributed by atoms with Crippen molar-refractivity contribution in [1.82, 2.24) is 9.13 Å². The topological polar surface area (TPSA) is 16.3 Å². The molecule has 0 amide bonds. The van der Waals surface area contributed by atoms with Crippen LogP contribution < -0.4 is 26.2 Å². The van der Waals surface area contributed by atoms with Crippen LogP contribution in [-0.4, -0.2) is 15.8 Å². The van der Waals surface area contributed by atoms with E-state index in [0.717, 1.165) is 14.0 Å². The van der Waals surface area contributed by atoms with Gasteiger partial charge in [0.05, 0.1) is 83.2 Å². The molecule has 0 spiro atoms. The van der Waals surface area contributed by atoms with Gasteiger partial charge in [-0.3, -0.25) is 0 Å². The fourth-order valence-electron chi connectivity index (χ4n) is 10.5. The minimum absolute atomic E-state index is 0.0367. The molecule has 0 fully saturated rings. The summed E-state index contributed by atoms with van der Waals surface area (Å²) in [7, 11) is 0. The number of rotatable bonds is 2. The van der Waals surface area contributed by atoms with Gasteiger partial charge >= 0.3 is 0 Å². The molecule has 4 nitrogen and oxygen atoms in total. The van der Waals surface area contributed by atoms with Crippen molar-refractivity contribution in [2.24, 2.45) is 0 Å². The van der Waals surface area contributed by atoms with E-state index >= 15 is 0 Å². The smallest absolute Gasteiger partial charge is 0.252 e. The molecule has 15 rings (SSSR count). The molecule has 0 bridgehead atoms.